The molecule has 3 aromatic heterocycles. The fourth-order valence-corrected chi connectivity index (χ4v) is 7.63. The molecule has 5 nitrogen and oxygen atoms in total. The quantitative estimate of drug-likeness (QED) is 0.132. The summed E-state index contributed by atoms with van der Waals surface area (Å²) in [4.78, 5) is 34.5. The van der Waals surface area contributed by atoms with Gasteiger partial charge in [0.05, 0.1) is 16.8 Å². The second kappa shape index (κ2) is 10.0. The van der Waals surface area contributed by atoms with Gasteiger partial charge in [-0.15, -0.1) is 11.3 Å². The number of carbonyl (C=O) groups is 1. The van der Waals surface area contributed by atoms with Crippen LogP contribution in [0.5, 0.6) is 0 Å². The van der Waals surface area contributed by atoms with Crippen LogP contribution >= 0.6 is 23.1 Å². The second-order valence-electron chi connectivity index (χ2n) is 9.93. The average Bonchev–Trinajstić information content (AvgIpc) is 3.45. The van der Waals surface area contributed by atoms with E-state index in [-0.39, 0.29) is 17.1 Å². The third-order valence-electron chi connectivity index (χ3n) is 7.33. The number of hydrogen-bond acceptors (Lipinski definition) is 5. The average molecular weight is 540 g/mol. The topological polar surface area (TPSA) is 56.9 Å². The number of fused-ring (bicyclic) bond motifs is 3. The molecule has 3 heterocycles. The van der Waals surface area contributed by atoms with Crippen LogP contribution in [0.25, 0.3) is 21.6 Å². The van der Waals surface area contributed by atoms with Gasteiger partial charge in [0, 0.05) is 27.5 Å². The molecular formula is C31H29N3O2S2. The summed E-state index contributed by atoms with van der Waals surface area (Å²) in [6, 6.07) is 19.9. The Kier molecular flexibility index (Phi) is 6.58. The maximum Gasteiger partial charge on any atom is 0.267 e. The number of para-hydroxylation sites is 1. The Labute approximate surface area is 230 Å². The predicted molar refractivity (Wildman–Crippen MR) is 157 cm³/mol. The van der Waals surface area contributed by atoms with E-state index in [4.69, 9.17) is 4.98 Å². The van der Waals surface area contributed by atoms with Gasteiger partial charge in [-0.3, -0.25) is 14.2 Å². The molecule has 0 bridgehead atoms. The SMILES string of the molecule is Cc1ccc(-n2c(C)cc(C(=O)CSc3nc4sc5c(c4c(=O)n3-c3ccccc3)CCCC5)c2C)cc1. The van der Waals surface area contributed by atoms with E-state index in [2.05, 4.69) is 35.8 Å². The summed E-state index contributed by atoms with van der Waals surface area (Å²) < 4.78 is 3.81. The summed E-state index contributed by atoms with van der Waals surface area (Å²) in [6.07, 6.45) is 4.21. The number of aryl methyl sites for hydroxylation is 4. The first kappa shape index (κ1) is 24.9. The molecule has 0 saturated heterocycles. The third-order valence-corrected chi connectivity index (χ3v) is 9.45. The van der Waals surface area contributed by atoms with Gasteiger partial charge in [0.2, 0.25) is 0 Å². The van der Waals surface area contributed by atoms with E-state index in [1.807, 2.05) is 50.2 Å². The van der Waals surface area contributed by atoms with Crippen LogP contribution < -0.4 is 5.56 Å². The van der Waals surface area contributed by atoms with Crippen LogP contribution in [0, 0.1) is 20.8 Å². The highest BCUT2D eigenvalue weighted by molar-refractivity contribution is 7.99. The van der Waals surface area contributed by atoms with Crippen molar-refractivity contribution in [3.8, 4) is 11.4 Å². The largest absolute Gasteiger partial charge is 0.318 e. The van der Waals surface area contributed by atoms with E-state index in [0.717, 1.165) is 58.7 Å². The molecule has 0 radical (unpaired) electrons. The van der Waals surface area contributed by atoms with Crippen molar-refractivity contribution in [2.75, 3.05) is 5.75 Å². The molecular weight excluding hydrogens is 510 g/mol. The van der Waals surface area contributed by atoms with E-state index in [1.54, 1.807) is 15.9 Å². The normalized spacial score (nSPS) is 13.1. The molecule has 7 heteroatoms. The number of thioether (sulfide) groups is 1. The van der Waals surface area contributed by atoms with Gasteiger partial charge < -0.3 is 4.57 Å². The molecule has 0 N–H and O–H groups in total. The van der Waals surface area contributed by atoms with Crippen molar-refractivity contribution in [3.63, 3.8) is 0 Å². The van der Waals surface area contributed by atoms with Crippen LogP contribution in [0.3, 0.4) is 0 Å². The van der Waals surface area contributed by atoms with Crippen molar-refractivity contribution in [2.45, 2.75) is 51.6 Å². The molecule has 0 atom stereocenters. The van der Waals surface area contributed by atoms with Gasteiger partial charge in [-0.05, 0) is 82.3 Å². The molecule has 5 aromatic rings. The Morgan fingerprint density at radius 1 is 0.947 bits per heavy atom. The van der Waals surface area contributed by atoms with Gasteiger partial charge in [0.1, 0.15) is 4.83 Å². The van der Waals surface area contributed by atoms with E-state index < -0.39 is 0 Å². The fraction of sp³-hybridized carbons (Fsp3) is 0.258. The number of nitrogens with zero attached hydrogens (tertiary/aromatic N) is 3. The standard InChI is InChI=1S/C31H29N3O2S2/c1-19-13-15-23(16-14-19)33-20(2)17-25(21(33)3)26(35)18-37-31-32-29-28(24-11-7-8-12-27(24)38-29)30(36)34(31)22-9-5-4-6-10-22/h4-6,9-10,13-17H,7-8,11-12,18H2,1-3H3. The molecule has 0 unspecified atom stereocenters. The van der Waals surface area contributed by atoms with E-state index >= 15 is 0 Å². The first-order valence-electron chi connectivity index (χ1n) is 13.0. The van der Waals surface area contributed by atoms with Gasteiger partial charge in [-0.1, -0.05) is 47.7 Å². The van der Waals surface area contributed by atoms with Gasteiger partial charge in [-0.25, -0.2) is 4.98 Å². The summed E-state index contributed by atoms with van der Waals surface area (Å²) >= 11 is 2.98. The number of ketones is 1. The van der Waals surface area contributed by atoms with E-state index in [9.17, 15) is 9.59 Å². The number of carbonyl (C=O) groups excluding carboxylic acids is 1. The zero-order valence-corrected chi connectivity index (χ0v) is 23.4. The van der Waals surface area contributed by atoms with Crippen LogP contribution in [0.4, 0.5) is 0 Å². The minimum atomic E-state index is -0.0342. The minimum Gasteiger partial charge on any atom is -0.318 e. The van der Waals surface area contributed by atoms with E-state index in [1.165, 1.54) is 27.8 Å². The molecule has 0 fully saturated rings. The molecule has 0 saturated carbocycles. The number of thiophene rings is 1. The summed E-state index contributed by atoms with van der Waals surface area (Å²) in [6.45, 7) is 6.08. The highest BCUT2D eigenvalue weighted by atomic mass is 32.2. The van der Waals surface area contributed by atoms with Crippen LogP contribution in [0.2, 0.25) is 0 Å². The number of benzene rings is 2. The predicted octanol–water partition coefficient (Wildman–Crippen LogP) is 7.02. The van der Waals surface area contributed by atoms with Crippen molar-refractivity contribution < 1.29 is 4.79 Å². The summed E-state index contributed by atoms with van der Waals surface area (Å²) in [5, 5.41) is 1.32. The number of hydrogen-bond donors (Lipinski definition) is 0. The molecule has 6 rings (SSSR count). The van der Waals surface area contributed by atoms with Gasteiger partial charge in [-0.2, -0.15) is 0 Å². The summed E-state index contributed by atoms with van der Waals surface area (Å²) in [5.74, 6) is 0.231. The lowest BCUT2D eigenvalue weighted by atomic mass is 9.97. The van der Waals surface area contributed by atoms with Crippen molar-refractivity contribution >= 4 is 39.1 Å². The Hall–Kier alpha value is -3.42. The molecule has 2 aromatic carbocycles. The first-order valence-corrected chi connectivity index (χ1v) is 14.8. The Bertz CT molecular complexity index is 1730. The monoisotopic (exact) mass is 539 g/mol. The lowest BCUT2D eigenvalue weighted by Crippen LogP contribution is -2.22. The molecule has 1 aliphatic carbocycles. The molecule has 0 spiro atoms. The van der Waals surface area contributed by atoms with Gasteiger partial charge in [0.15, 0.2) is 10.9 Å². The van der Waals surface area contributed by atoms with Gasteiger partial charge >= 0.3 is 0 Å². The highest BCUT2D eigenvalue weighted by Gasteiger charge is 2.24. The third kappa shape index (κ3) is 4.33. The number of Topliss-reactive ketones (excluding diaryl/α,β-unsaturated/α-hetero) is 1. The lowest BCUT2D eigenvalue weighted by Gasteiger charge is -2.13. The van der Waals surface area contributed by atoms with Crippen LogP contribution in [-0.2, 0) is 12.8 Å². The maximum absolute atomic E-state index is 13.9. The Morgan fingerprint density at radius 2 is 1.66 bits per heavy atom. The van der Waals surface area contributed by atoms with Gasteiger partial charge in [0.25, 0.3) is 5.56 Å². The second-order valence-corrected chi connectivity index (χ2v) is 12.0. The fourth-order valence-electron chi connectivity index (χ4n) is 5.43. The highest BCUT2D eigenvalue weighted by Crippen LogP contribution is 2.35. The number of aromatic nitrogens is 3. The molecule has 0 aliphatic heterocycles. The van der Waals surface area contributed by atoms with Crippen molar-refractivity contribution in [1.29, 1.82) is 0 Å². The van der Waals surface area contributed by atoms with Crippen LogP contribution in [0.1, 0.15) is 50.6 Å². The Morgan fingerprint density at radius 3 is 2.42 bits per heavy atom. The lowest BCUT2D eigenvalue weighted by molar-refractivity contribution is 0.102. The van der Waals surface area contributed by atoms with Crippen molar-refractivity contribution in [3.05, 3.63) is 104 Å². The summed E-state index contributed by atoms with van der Waals surface area (Å²) in [7, 11) is 0. The smallest absolute Gasteiger partial charge is 0.267 e. The maximum atomic E-state index is 13.9. The zero-order chi connectivity index (χ0) is 26.4. The van der Waals surface area contributed by atoms with Crippen LogP contribution in [0.15, 0.2) is 70.6 Å². The molecule has 192 valence electrons. The molecule has 38 heavy (non-hydrogen) atoms. The first-order chi connectivity index (χ1) is 18.4. The number of rotatable bonds is 6. The van der Waals surface area contributed by atoms with Crippen molar-refractivity contribution in [1.82, 2.24) is 14.1 Å². The van der Waals surface area contributed by atoms with Crippen LogP contribution in [-0.4, -0.2) is 25.7 Å². The van der Waals surface area contributed by atoms with Crippen molar-refractivity contribution in [2.24, 2.45) is 0 Å². The summed E-state index contributed by atoms with van der Waals surface area (Å²) in [5.41, 5.74) is 6.81. The minimum absolute atomic E-state index is 0.0286. The molecule has 1 aliphatic rings. The molecule has 0 amide bonds. The van der Waals surface area contributed by atoms with E-state index in [0.29, 0.717) is 10.7 Å². The Balaban J connectivity index is 1.37. The zero-order valence-electron chi connectivity index (χ0n) is 21.8.